The Morgan fingerprint density at radius 1 is 1.37 bits per heavy atom. The molecule has 4 heteroatoms. The Hall–Kier alpha value is -0.610. The quantitative estimate of drug-likeness (QED) is 0.833. The van der Waals surface area contributed by atoms with Gasteiger partial charge in [-0.15, -0.1) is 0 Å². The first-order valence-corrected chi connectivity index (χ1v) is 6.95. The first-order chi connectivity index (χ1) is 8.66. The Bertz CT molecular complexity index is 478. The summed E-state index contributed by atoms with van der Waals surface area (Å²) in [6, 6.07) is 3.52. The molecule has 1 heterocycles. The zero-order valence-corrected chi connectivity index (χ0v) is 12.9. The van der Waals surface area contributed by atoms with Crippen molar-refractivity contribution in [3.63, 3.8) is 0 Å². The van der Waals surface area contributed by atoms with Crippen LogP contribution in [-0.4, -0.2) is 23.3 Å². The molecule has 1 saturated heterocycles. The molecule has 2 atom stereocenters. The average Bonchev–Trinajstić information content (AvgIpc) is 2.30. The van der Waals surface area contributed by atoms with Crippen molar-refractivity contribution in [1.29, 1.82) is 0 Å². The van der Waals surface area contributed by atoms with Gasteiger partial charge in [0.1, 0.15) is 0 Å². The van der Waals surface area contributed by atoms with Crippen LogP contribution in [-0.2, 0) is 10.5 Å². The van der Waals surface area contributed by atoms with Gasteiger partial charge in [0.05, 0.1) is 12.6 Å². The minimum atomic E-state index is -1.34. The predicted octanol–water partition coefficient (Wildman–Crippen LogP) is 2.89. The van der Waals surface area contributed by atoms with Crippen LogP contribution in [0.1, 0.15) is 37.5 Å². The second kappa shape index (κ2) is 4.74. The number of hydrogen-bond donors (Lipinski definition) is 2. The first-order valence-electron chi connectivity index (χ1n) is 6.57. The number of aryl methyl sites for hydroxylation is 1. The lowest BCUT2D eigenvalue weighted by Crippen LogP contribution is -2.63. The molecule has 1 aliphatic heterocycles. The fraction of sp³-hybridized carbons (Fsp3) is 0.600. The molecule has 0 saturated carbocycles. The molecule has 0 spiro atoms. The number of rotatable bonds is 1. The van der Waals surface area contributed by atoms with Gasteiger partial charge in [0.15, 0.2) is 0 Å². The molecule has 19 heavy (non-hydrogen) atoms. The fourth-order valence-corrected chi connectivity index (χ4v) is 2.76. The van der Waals surface area contributed by atoms with E-state index in [1.807, 2.05) is 26.8 Å². The molecule has 2 N–H and O–H groups in total. The van der Waals surface area contributed by atoms with Crippen LogP contribution >= 0.6 is 11.6 Å². The monoisotopic (exact) mass is 283 g/mol. The molecule has 0 bridgehead atoms. The SMILES string of the molecule is Cc1cc(C2(O)OCC(C)(C)NC2C)cc(Cl)c1C. The van der Waals surface area contributed by atoms with Crippen LogP contribution in [0.2, 0.25) is 5.02 Å². The first kappa shape index (κ1) is 14.8. The topological polar surface area (TPSA) is 41.5 Å². The van der Waals surface area contributed by atoms with E-state index in [0.29, 0.717) is 17.2 Å². The second-order valence-corrected chi connectivity index (χ2v) is 6.54. The fourth-order valence-electron chi connectivity index (χ4n) is 2.50. The summed E-state index contributed by atoms with van der Waals surface area (Å²) in [5, 5.41) is 14.9. The normalized spacial score (nSPS) is 30.4. The highest BCUT2D eigenvalue weighted by Crippen LogP contribution is 2.35. The van der Waals surface area contributed by atoms with Gasteiger partial charge in [0.25, 0.3) is 0 Å². The van der Waals surface area contributed by atoms with Crippen LogP contribution in [0.3, 0.4) is 0 Å². The zero-order chi connectivity index (χ0) is 14.4. The Balaban J connectivity index is 2.41. The summed E-state index contributed by atoms with van der Waals surface area (Å²) in [7, 11) is 0. The number of nitrogens with one attached hydrogen (secondary N) is 1. The van der Waals surface area contributed by atoms with Crippen LogP contribution < -0.4 is 5.32 Å². The summed E-state index contributed by atoms with van der Waals surface area (Å²) in [5.41, 5.74) is 2.65. The van der Waals surface area contributed by atoms with E-state index in [9.17, 15) is 5.11 Å². The number of benzene rings is 1. The van der Waals surface area contributed by atoms with E-state index < -0.39 is 5.79 Å². The molecule has 0 radical (unpaired) electrons. The molecule has 0 aromatic heterocycles. The summed E-state index contributed by atoms with van der Waals surface area (Å²) >= 11 is 6.22. The molecule has 2 unspecified atom stereocenters. The van der Waals surface area contributed by atoms with Crippen molar-refractivity contribution in [2.45, 2.75) is 52.0 Å². The summed E-state index contributed by atoms with van der Waals surface area (Å²) in [6.07, 6.45) is 0. The highest BCUT2D eigenvalue weighted by atomic mass is 35.5. The van der Waals surface area contributed by atoms with Gasteiger partial charge in [-0.3, -0.25) is 0 Å². The number of morpholine rings is 1. The van der Waals surface area contributed by atoms with Crippen molar-refractivity contribution in [3.8, 4) is 0 Å². The molecular weight excluding hydrogens is 262 g/mol. The molecule has 1 aliphatic rings. The second-order valence-electron chi connectivity index (χ2n) is 6.13. The van der Waals surface area contributed by atoms with Crippen LogP contribution in [0.4, 0.5) is 0 Å². The van der Waals surface area contributed by atoms with Gasteiger partial charge in [-0.05, 0) is 51.8 Å². The Morgan fingerprint density at radius 3 is 2.53 bits per heavy atom. The maximum Gasteiger partial charge on any atom is 0.208 e. The lowest BCUT2D eigenvalue weighted by atomic mass is 9.91. The molecule has 2 rings (SSSR count). The van der Waals surface area contributed by atoms with Crippen LogP contribution in [0.25, 0.3) is 0 Å². The summed E-state index contributed by atoms with van der Waals surface area (Å²) < 4.78 is 5.76. The molecule has 106 valence electrons. The smallest absolute Gasteiger partial charge is 0.208 e. The van der Waals surface area contributed by atoms with Crippen LogP contribution in [0.15, 0.2) is 12.1 Å². The van der Waals surface area contributed by atoms with Gasteiger partial charge >= 0.3 is 0 Å². The molecular formula is C15H22ClNO2. The maximum atomic E-state index is 10.8. The number of hydrogen-bond acceptors (Lipinski definition) is 3. The van der Waals surface area contributed by atoms with Gasteiger partial charge < -0.3 is 15.2 Å². The highest BCUT2D eigenvalue weighted by Gasteiger charge is 2.45. The van der Waals surface area contributed by atoms with E-state index >= 15 is 0 Å². The van der Waals surface area contributed by atoms with Crippen LogP contribution in [0, 0.1) is 13.8 Å². The van der Waals surface area contributed by atoms with E-state index in [4.69, 9.17) is 16.3 Å². The van der Waals surface area contributed by atoms with E-state index in [1.54, 1.807) is 6.07 Å². The van der Waals surface area contributed by atoms with Gasteiger partial charge in [-0.2, -0.15) is 0 Å². The van der Waals surface area contributed by atoms with E-state index in [2.05, 4.69) is 19.2 Å². The van der Waals surface area contributed by atoms with Crippen molar-refractivity contribution in [1.82, 2.24) is 5.32 Å². The standard InChI is InChI=1S/C15H22ClNO2/c1-9-6-12(7-13(16)10(9)2)15(18)11(3)17-14(4,5)8-19-15/h6-7,11,17-18H,8H2,1-5H3. The largest absolute Gasteiger partial charge is 0.361 e. The van der Waals surface area contributed by atoms with Crippen molar-refractivity contribution >= 4 is 11.6 Å². The van der Waals surface area contributed by atoms with Crippen molar-refractivity contribution < 1.29 is 9.84 Å². The van der Waals surface area contributed by atoms with Crippen molar-refractivity contribution in [2.75, 3.05) is 6.61 Å². The Kier molecular flexibility index (Phi) is 3.69. The summed E-state index contributed by atoms with van der Waals surface area (Å²) in [6.45, 7) is 10.4. The highest BCUT2D eigenvalue weighted by molar-refractivity contribution is 6.31. The van der Waals surface area contributed by atoms with Crippen LogP contribution in [0.5, 0.6) is 0 Å². The maximum absolute atomic E-state index is 10.8. The van der Waals surface area contributed by atoms with E-state index in [0.717, 1.165) is 11.1 Å². The third kappa shape index (κ3) is 2.65. The number of halogens is 1. The lowest BCUT2D eigenvalue weighted by molar-refractivity contribution is -0.263. The van der Waals surface area contributed by atoms with Gasteiger partial charge in [-0.25, -0.2) is 0 Å². The predicted molar refractivity (Wildman–Crippen MR) is 77.5 cm³/mol. The van der Waals surface area contributed by atoms with E-state index in [1.165, 1.54) is 0 Å². The average molecular weight is 284 g/mol. The number of ether oxygens (including phenoxy) is 1. The molecule has 1 aromatic rings. The zero-order valence-electron chi connectivity index (χ0n) is 12.2. The Labute approximate surface area is 119 Å². The molecule has 1 aromatic carbocycles. The number of aliphatic hydroxyl groups is 1. The van der Waals surface area contributed by atoms with Crippen molar-refractivity contribution in [3.05, 3.63) is 33.8 Å². The molecule has 3 nitrogen and oxygen atoms in total. The molecule has 0 amide bonds. The molecule has 0 aliphatic carbocycles. The summed E-state index contributed by atoms with van der Waals surface area (Å²) in [4.78, 5) is 0. The summed E-state index contributed by atoms with van der Waals surface area (Å²) in [5.74, 6) is -1.34. The molecule has 1 fully saturated rings. The Morgan fingerprint density at radius 2 is 2.00 bits per heavy atom. The van der Waals surface area contributed by atoms with Gasteiger partial charge in [0.2, 0.25) is 5.79 Å². The minimum Gasteiger partial charge on any atom is -0.361 e. The van der Waals surface area contributed by atoms with E-state index in [-0.39, 0.29) is 11.6 Å². The lowest BCUT2D eigenvalue weighted by Gasteiger charge is -2.46. The van der Waals surface area contributed by atoms with Gasteiger partial charge in [-0.1, -0.05) is 17.7 Å². The minimum absolute atomic E-state index is 0.144. The van der Waals surface area contributed by atoms with Crippen molar-refractivity contribution in [2.24, 2.45) is 0 Å². The third-order valence-corrected chi connectivity index (χ3v) is 4.26. The van der Waals surface area contributed by atoms with Gasteiger partial charge in [0, 0.05) is 16.1 Å². The third-order valence-electron chi connectivity index (χ3n) is 3.86.